The lowest BCUT2D eigenvalue weighted by atomic mass is 10.0. The van der Waals surface area contributed by atoms with Crippen LogP contribution in [0.3, 0.4) is 0 Å². The van der Waals surface area contributed by atoms with E-state index in [1.54, 1.807) is 11.3 Å². The Balaban J connectivity index is 1.70. The van der Waals surface area contributed by atoms with Crippen molar-refractivity contribution in [2.45, 2.75) is 45.8 Å². The molecule has 6 heteroatoms. The van der Waals surface area contributed by atoms with E-state index in [0.717, 1.165) is 22.7 Å². The fourth-order valence-corrected chi connectivity index (χ4v) is 3.51. The fraction of sp³-hybridized carbons (Fsp3) is 0.444. The van der Waals surface area contributed by atoms with Crippen LogP contribution >= 0.6 is 11.3 Å². The van der Waals surface area contributed by atoms with Crippen molar-refractivity contribution >= 4 is 17.4 Å². The normalized spacial score (nSPS) is 13.3. The first kappa shape index (κ1) is 18.4. The zero-order valence-electron chi connectivity index (χ0n) is 14.4. The van der Waals surface area contributed by atoms with Gasteiger partial charge in [-0.15, -0.1) is 11.3 Å². The number of carbonyl (C=O) groups excluding carboxylic acids is 1. The third-order valence-electron chi connectivity index (χ3n) is 3.78. The lowest BCUT2D eigenvalue weighted by molar-refractivity contribution is 0.154. The molecule has 0 fully saturated rings. The first-order valence-corrected chi connectivity index (χ1v) is 8.97. The number of urea groups is 1. The summed E-state index contributed by atoms with van der Waals surface area (Å²) in [6.07, 6.45) is 0.681. The van der Waals surface area contributed by atoms with Crippen molar-refractivity contribution in [3.8, 4) is 0 Å². The second-order valence-corrected chi connectivity index (χ2v) is 7.24. The Hall–Kier alpha value is -1.92. The number of carbonyl (C=O) groups is 1. The summed E-state index contributed by atoms with van der Waals surface area (Å²) >= 11 is 1.67. The smallest absolute Gasteiger partial charge is 0.315 e. The van der Waals surface area contributed by atoms with Gasteiger partial charge in [-0.05, 0) is 32.8 Å². The lowest BCUT2D eigenvalue weighted by Gasteiger charge is -2.18. The molecular formula is C18H25N3O2S. The van der Waals surface area contributed by atoms with E-state index in [2.05, 4.69) is 15.6 Å². The number of nitrogens with one attached hydrogen (secondary N) is 2. The van der Waals surface area contributed by atoms with Crippen LogP contribution in [0.5, 0.6) is 0 Å². The van der Waals surface area contributed by atoms with E-state index in [0.29, 0.717) is 13.0 Å². The number of aryl methyl sites for hydroxylation is 2. The Labute approximate surface area is 147 Å². The van der Waals surface area contributed by atoms with Crippen LogP contribution in [0.25, 0.3) is 0 Å². The maximum absolute atomic E-state index is 11.9. The molecule has 1 heterocycles. The van der Waals surface area contributed by atoms with E-state index in [1.807, 2.05) is 51.1 Å². The number of aliphatic hydroxyl groups is 1. The van der Waals surface area contributed by atoms with Crippen LogP contribution in [0.4, 0.5) is 4.79 Å². The van der Waals surface area contributed by atoms with Crippen molar-refractivity contribution in [2.75, 3.05) is 6.54 Å². The molecule has 5 nitrogen and oxygen atoms in total. The van der Waals surface area contributed by atoms with Gasteiger partial charge in [0.15, 0.2) is 0 Å². The molecule has 0 aliphatic heterocycles. The molecule has 2 rings (SSSR count). The monoisotopic (exact) mass is 347 g/mol. The molecule has 0 radical (unpaired) electrons. The first-order chi connectivity index (χ1) is 11.5. The molecule has 2 atom stereocenters. The van der Waals surface area contributed by atoms with Crippen LogP contribution in [0.2, 0.25) is 0 Å². The molecule has 1 aromatic carbocycles. The van der Waals surface area contributed by atoms with Crippen molar-refractivity contribution in [1.82, 2.24) is 15.6 Å². The predicted molar refractivity (Wildman–Crippen MR) is 97.3 cm³/mol. The highest BCUT2D eigenvalue weighted by Gasteiger charge is 2.14. The minimum absolute atomic E-state index is 0.118. The molecule has 0 aliphatic rings. The Morgan fingerprint density at radius 2 is 2.00 bits per heavy atom. The Kier molecular flexibility index (Phi) is 6.75. The molecular weight excluding hydrogens is 322 g/mol. The van der Waals surface area contributed by atoms with E-state index in [9.17, 15) is 9.90 Å². The average Bonchev–Trinajstić information content (AvgIpc) is 2.85. The lowest BCUT2D eigenvalue weighted by Crippen LogP contribution is -2.42. The van der Waals surface area contributed by atoms with Crippen molar-refractivity contribution in [3.05, 3.63) is 51.5 Å². The summed E-state index contributed by atoms with van der Waals surface area (Å²) in [5.74, 6) is 0. The Bertz CT molecular complexity index is 658. The Morgan fingerprint density at radius 3 is 2.62 bits per heavy atom. The predicted octanol–water partition coefficient (Wildman–Crippen LogP) is 3.11. The SMILES string of the molecule is Cc1nc(C)c(CCNC(=O)N[C@@H](C)C[C@H](O)c2ccccc2)s1. The van der Waals surface area contributed by atoms with Gasteiger partial charge in [0.05, 0.1) is 16.8 Å². The van der Waals surface area contributed by atoms with Gasteiger partial charge in [-0.2, -0.15) is 0 Å². The number of benzene rings is 1. The number of thiazole rings is 1. The first-order valence-electron chi connectivity index (χ1n) is 8.16. The quantitative estimate of drug-likeness (QED) is 0.720. The summed E-state index contributed by atoms with van der Waals surface area (Å²) < 4.78 is 0. The standard InChI is InChI=1S/C18H25N3O2S/c1-12(11-16(22)15-7-5-4-6-8-15)20-18(23)19-10-9-17-13(2)21-14(3)24-17/h4-8,12,16,22H,9-11H2,1-3H3,(H2,19,20,23)/t12-,16-/m0/s1. The van der Waals surface area contributed by atoms with E-state index in [-0.39, 0.29) is 12.1 Å². The van der Waals surface area contributed by atoms with E-state index >= 15 is 0 Å². The number of aromatic nitrogens is 1. The van der Waals surface area contributed by atoms with Crippen LogP contribution in [0.1, 0.15) is 40.6 Å². The van der Waals surface area contributed by atoms with Crippen molar-refractivity contribution in [3.63, 3.8) is 0 Å². The second kappa shape index (κ2) is 8.80. The summed E-state index contributed by atoms with van der Waals surface area (Å²) in [6.45, 7) is 6.44. The number of rotatable bonds is 7. The van der Waals surface area contributed by atoms with Crippen LogP contribution in [-0.4, -0.2) is 28.7 Å². The van der Waals surface area contributed by atoms with Gasteiger partial charge >= 0.3 is 6.03 Å². The Morgan fingerprint density at radius 1 is 1.29 bits per heavy atom. The number of amides is 2. The van der Waals surface area contributed by atoms with Gasteiger partial charge in [-0.1, -0.05) is 30.3 Å². The van der Waals surface area contributed by atoms with Gasteiger partial charge in [0.1, 0.15) is 0 Å². The van der Waals surface area contributed by atoms with Crippen LogP contribution in [-0.2, 0) is 6.42 Å². The molecule has 0 saturated carbocycles. The van der Waals surface area contributed by atoms with Crippen molar-refractivity contribution in [2.24, 2.45) is 0 Å². The largest absolute Gasteiger partial charge is 0.388 e. The molecule has 2 aromatic rings. The molecule has 0 spiro atoms. The highest BCUT2D eigenvalue weighted by atomic mass is 32.1. The molecule has 3 N–H and O–H groups in total. The molecule has 130 valence electrons. The van der Waals surface area contributed by atoms with E-state index in [1.165, 1.54) is 4.88 Å². The topological polar surface area (TPSA) is 74.2 Å². The van der Waals surface area contributed by atoms with Crippen LogP contribution in [0, 0.1) is 13.8 Å². The zero-order valence-corrected chi connectivity index (χ0v) is 15.2. The zero-order chi connectivity index (χ0) is 17.5. The molecule has 1 aromatic heterocycles. The molecule has 0 unspecified atom stereocenters. The van der Waals surface area contributed by atoms with Gasteiger partial charge in [0, 0.05) is 23.9 Å². The fourth-order valence-electron chi connectivity index (χ4n) is 2.57. The van der Waals surface area contributed by atoms with Crippen LogP contribution < -0.4 is 10.6 Å². The van der Waals surface area contributed by atoms with E-state index in [4.69, 9.17) is 0 Å². The number of aliphatic hydroxyl groups excluding tert-OH is 1. The summed E-state index contributed by atoms with van der Waals surface area (Å²) in [4.78, 5) is 17.5. The second-order valence-electron chi connectivity index (χ2n) is 5.95. The van der Waals surface area contributed by atoms with Gasteiger partial charge in [0.25, 0.3) is 0 Å². The number of hydrogen-bond acceptors (Lipinski definition) is 4. The van der Waals surface area contributed by atoms with E-state index < -0.39 is 6.10 Å². The number of nitrogens with zero attached hydrogens (tertiary/aromatic N) is 1. The third-order valence-corrected chi connectivity index (χ3v) is 4.91. The number of hydrogen-bond donors (Lipinski definition) is 3. The summed E-state index contributed by atoms with van der Waals surface area (Å²) in [7, 11) is 0. The minimum Gasteiger partial charge on any atom is -0.388 e. The maximum atomic E-state index is 11.9. The molecule has 0 aliphatic carbocycles. The van der Waals surface area contributed by atoms with Gasteiger partial charge in [0.2, 0.25) is 0 Å². The third kappa shape index (κ3) is 5.62. The molecule has 0 bridgehead atoms. The van der Waals surface area contributed by atoms with Gasteiger partial charge < -0.3 is 15.7 Å². The van der Waals surface area contributed by atoms with Gasteiger partial charge in [-0.3, -0.25) is 0 Å². The molecule has 2 amide bonds. The summed E-state index contributed by atoms with van der Waals surface area (Å²) in [5.41, 5.74) is 1.90. The van der Waals surface area contributed by atoms with Crippen LogP contribution in [0.15, 0.2) is 30.3 Å². The summed E-state index contributed by atoms with van der Waals surface area (Å²) in [5, 5.41) is 17.0. The molecule has 0 saturated heterocycles. The highest BCUT2D eigenvalue weighted by molar-refractivity contribution is 7.11. The minimum atomic E-state index is -0.579. The van der Waals surface area contributed by atoms with Gasteiger partial charge in [-0.25, -0.2) is 9.78 Å². The molecule has 24 heavy (non-hydrogen) atoms. The van der Waals surface area contributed by atoms with Crippen molar-refractivity contribution in [1.29, 1.82) is 0 Å². The van der Waals surface area contributed by atoms with Crippen molar-refractivity contribution < 1.29 is 9.90 Å². The average molecular weight is 347 g/mol. The summed E-state index contributed by atoms with van der Waals surface area (Å²) in [6, 6.07) is 9.15. The highest BCUT2D eigenvalue weighted by Crippen LogP contribution is 2.18. The maximum Gasteiger partial charge on any atom is 0.315 e.